The summed E-state index contributed by atoms with van der Waals surface area (Å²) in [5.41, 5.74) is 0.250. The second-order valence-corrected chi connectivity index (χ2v) is 5.78. The minimum atomic E-state index is -5.08. The summed E-state index contributed by atoms with van der Waals surface area (Å²) < 4.78 is 42.7. The molecule has 1 fully saturated rings. The molecule has 1 aromatic rings. The molecule has 0 saturated carbocycles. The molecule has 0 amide bonds. The molecule has 1 aromatic carbocycles. The van der Waals surface area contributed by atoms with Crippen molar-refractivity contribution < 1.29 is 42.4 Å². The van der Waals surface area contributed by atoms with Gasteiger partial charge in [0.25, 0.3) is 0 Å². The van der Waals surface area contributed by atoms with Gasteiger partial charge in [-0.1, -0.05) is 6.07 Å². The third kappa shape index (κ3) is 8.74. The Morgan fingerprint density at radius 3 is 2.52 bits per heavy atom. The molecule has 2 N–H and O–H groups in total. The van der Waals surface area contributed by atoms with E-state index in [1.54, 1.807) is 31.4 Å². The van der Waals surface area contributed by atoms with Gasteiger partial charge in [-0.25, -0.2) is 9.59 Å². The van der Waals surface area contributed by atoms with Gasteiger partial charge < -0.3 is 19.7 Å². The maximum atomic E-state index is 10.9. The Balaban J connectivity index is 0.000000445. The third-order valence-corrected chi connectivity index (χ3v) is 3.80. The van der Waals surface area contributed by atoms with E-state index in [1.807, 2.05) is 0 Å². The van der Waals surface area contributed by atoms with Crippen LogP contribution in [0.5, 0.6) is 5.75 Å². The highest BCUT2D eigenvalue weighted by Gasteiger charge is 2.38. The number of alkyl halides is 3. The number of aliphatic carboxylic acids is 1. The lowest BCUT2D eigenvalue weighted by atomic mass is 10.1. The Morgan fingerprint density at radius 1 is 1.30 bits per heavy atom. The number of ether oxygens (including phenoxy) is 2. The normalized spacial score (nSPS) is 17.6. The lowest BCUT2D eigenvalue weighted by Gasteiger charge is -2.31. The molecule has 1 atom stereocenters. The molecule has 2 rings (SSSR count). The summed E-state index contributed by atoms with van der Waals surface area (Å²) in [5, 5.41) is 16.0. The van der Waals surface area contributed by atoms with E-state index in [0.29, 0.717) is 18.5 Å². The van der Waals surface area contributed by atoms with Gasteiger partial charge in [0.15, 0.2) is 0 Å². The number of benzene rings is 1. The fraction of sp³-hybridized carbons (Fsp3) is 0.529. The third-order valence-electron chi connectivity index (χ3n) is 3.80. The molecule has 27 heavy (non-hydrogen) atoms. The van der Waals surface area contributed by atoms with Crippen LogP contribution < -0.4 is 4.74 Å². The minimum absolute atomic E-state index is 0.250. The average molecular weight is 393 g/mol. The Labute approximate surface area is 154 Å². The van der Waals surface area contributed by atoms with E-state index in [1.165, 1.54) is 0 Å². The molecule has 0 aromatic heterocycles. The zero-order valence-corrected chi connectivity index (χ0v) is 14.7. The smallest absolute Gasteiger partial charge is 0.490 e. The summed E-state index contributed by atoms with van der Waals surface area (Å²) in [7, 11) is 1.75. The minimum Gasteiger partial charge on any atom is -0.492 e. The van der Waals surface area contributed by atoms with Gasteiger partial charge in [0.05, 0.1) is 11.7 Å². The number of likely N-dealkylation sites (tertiary alicyclic amines) is 1. The number of rotatable bonds is 6. The first-order valence-corrected chi connectivity index (χ1v) is 8.15. The van der Waals surface area contributed by atoms with Crippen LogP contribution in [0, 0.1) is 0 Å². The van der Waals surface area contributed by atoms with E-state index in [0.717, 1.165) is 32.5 Å². The quantitative estimate of drug-likeness (QED) is 0.767. The summed E-state index contributed by atoms with van der Waals surface area (Å²) in [4.78, 5) is 22.1. The number of carboxylic acid groups (broad SMARTS) is 2. The first kappa shape index (κ1) is 22.7. The van der Waals surface area contributed by atoms with Crippen LogP contribution in [0.15, 0.2) is 24.3 Å². The summed E-state index contributed by atoms with van der Waals surface area (Å²) in [6, 6.07) is 6.58. The van der Waals surface area contributed by atoms with Crippen LogP contribution in [0.4, 0.5) is 13.2 Å². The SMILES string of the molecule is COC1CCCN(CCOc2cccc(C(=O)O)c2)C1.O=C(O)C(F)(F)F. The van der Waals surface area contributed by atoms with Crippen LogP contribution >= 0.6 is 0 Å². The average Bonchev–Trinajstić information content (AvgIpc) is 2.62. The maximum Gasteiger partial charge on any atom is 0.490 e. The maximum absolute atomic E-state index is 10.9. The van der Waals surface area contributed by atoms with Crippen LogP contribution in [-0.4, -0.2) is 72.7 Å². The number of hydrogen-bond acceptors (Lipinski definition) is 5. The monoisotopic (exact) mass is 393 g/mol. The van der Waals surface area contributed by atoms with Gasteiger partial charge in [0, 0.05) is 20.2 Å². The van der Waals surface area contributed by atoms with Gasteiger partial charge in [0.2, 0.25) is 0 Å². The Hall–Kier alpha value is -2.33. The van der Waals surface area contributed by atoms with Crippen molar-refractivity contribution in [3.05, 3.63) is 29.8 Å². The predicted octanol–water partition coefficient (Wildman–Crippen LogP) is 2.51. The number of carboxylic acids is 2. The number of carbonyl (C=O) groups is 2. The molecule has 1 heterocycles. The van der Waals surface area contributed by atoms with E-state index in [-0.39, 0.29) is 5.56 Å². The lowest BCUT2D eigenvalue weighted by Crippen LogP contribution is -2.41. The highest BCUT2D eigenvalue weighted by Crippen LogP contribution is 2.15. The van der Waals surface area contributed by atoms with Gasteiger partial charge in [0.1, 0.15) is 12.4 Å². The number of hydrogen-bond donors (Lipinski definition) is 2. The van der Waals surface area contributed by atoms with Crippen LogP contribution in [-0.2, 0) is 9.53 Å². The fourth-order valence-electron chi connectivity index (χ4n) is 2.42. The van der Waals surface area contributed by atoms with E-state index < -0.39 is 18.1 Å². The molecule has 0 radical (unpaired) electrons. The van der Waals surface area contributed by atoms with Crippen molar-refractivity contribution in [2.75, 3.05) is 33.4 Å². The van der Waals surface area contributed by atoms with E-state index in [2.05, 4.69) is 4.90 Å². The molecule has 1 unspecified atom stereocenters. The number of methoxy groups -OCH3 is 1. The summed E-state index contributed by atoms with van der Waals surface area (Å²) in [6.45, 7) is 3.39. The van der Waals surface area contributed by atoms with Gasteiger partial charge in [-0.3, -0.25) is 4.90 Å². The number of aromatic carboxylic acids is 1. The fourth-order valence-corrected chi connectivity index (χ4v) is 2.42. The summed E-state index contributed by atoms with van der Waals surface area (Å²) in [5.74, 6) is -3.09. The van der Waals surface area contributed by atoms with E-state index >= 15 is 0 Å². The largest absolute Gasteiger partial charge is 0.492 e. The van der Waals surface area contributed by atoms with Gasteiger partial charge in [-0.15, -0.1) is 0 Å². The van der Waals surface area contributed by atoms with Gasteiger partial charge >= 0.3 is 18.1 Å². The Bertz CT molecular complexity index is 623. The molecular formula is C17H22F3NO6. The van der Waals surface area contributed by atoms with Crippen molar-refractivity contribution >= 4 is 11.9 Å². The van der Waals surface area contributed by atoms with Crippen LogP contribution in [0.1, 0.15) is 23.2 Å². The molecular weight excluding hydrogens is 371 g/mol. The Morgan fingerprint density at radius 2 is 1.96 bits per heavy atom. The first-order valence-electron chi connectivity index (χ1n) is 8.15. The van der Waals surface area contributed by atoms with Crippen LogP contribution in [0.25, 0.3) is 0 Å². The van der Waals surface area contributed by atoms with Crippen molar-refractivity contribution in [1.82, 2.24) is 4.90 Å². The lowest BCUT2D eigenvalue weighted by molar-refractivity contribution is -0.192. The number of nitrogens with zero attached hydrogens (tertiary/aromatic N) is 1. The molecule has 152 valence electrons. The van der Waals surface area contributed by atoms with Crippen molar-refractivity contribution in [3.8, 4) is 5.75 Å². The zero-order valence-electron chi connectivity index (χ0n) is 14.7. The standard InChI is InChI=1S/C15H21NO4.C2HF3O2/c1-19-14-6-3-7-16(11-14)8-9-20-13-5-2-4-12(10-13)15(17)18;3-2(4,5)1(6)7/h2,4-5,10,14H,3,6-9,11H2,1H3,(H,17,18);(H,6,7). The van der Waals surface area contributed by atoms with Crippen LogP contribution in [0.2, 0.25) is 0 Å². The molecule has 1 aliphatic rings. The molecule has 1 saturated heterocycles. The zero-order chi connectivity index (χ0) is 20.4. The van der Waals surface area contributed by atoms with Gasteiger partial charge in [-0.2, -0.15) is 13.2 Å². The second-order valence-electron chi connectivity index (χ2n) is 5.78. The molecule has 0 bridgehead atoms. The van der Waals surface area contributed by atoms with Crippen LogP contribution in [0.3, 0.4) is 0 Å². The van der Waals surface area contributed by atoms with Crippen molar-refractivity contribution in [3.63, 3.8) is 0 Å². The highest BCUT2D eigenvalue weighted by atomic mass is 19.4. The predicted molar refractivity (Wildman–Crippen MR) is 89.1 cm³/mol. The Kier molecular flexibility index (Phi) is 9.03. The first-order chi connectivity index (χ1) is 12.6. The number of piperidine rings is 1. The number of halogens is 3. The molecule has 1 aliphatic heterocycles. The molecule has 7 nitrogen and oxygen atoms in total. The highest BCUT2D eigenvalue weighted by molar-refractivity contribution is 5.87. The van der Waals surface area contributed by atoms with Crippen molar-refractivity contribution in [2.24, 2.45) is 0 Å². The van der Waals surface area contributed by atoms with Crippen molar-refractivity contribution in [1.29, 1.82) is 0 Å². The summed E-state index contributed by atoms with van der Waals surface area (Å²) >= 11 is 0. The van der Waals surface area contributed by atoms with E-state index in [4.69, 9.17) is 24.5 Å². The molecule has 0 aliphatic carbocycles. The summed E-state index contributed by atoms with van der Waals surface area (Å²) in [6.07, 6.45) is -2.50. The second kappa shape index (κ2) is 10.7. The molecule has 0 spiro atoms. The molecule has 10 heteroatoms. The van der Waals surface area contributed by atoms with Crippen molar-refractivity contribution in [2.45, 2.75) is 25.1 Å². The van der Waals surface area contributed by atoms with Gasteiger partial charge in [-0.05, 0) is 37.6 Å². The topological polar surface area (TPSA) is 96.3 Å². The van der Waals surface area contributed by atoms with E-state index in [9.17, 15) is 18.0 Å².